The van der Waals surface area contributed by atoms with Gasteiger partial charge < -0.3 is 11.1 Å². The minimum atomic E-state index is -0.634. The van der Waals surface area contributed by atoms with Crippen molar-refractivity contribution in [3.8, 4) is 11.3 Å². The minimum absolute atomic E-state index is 0.0410. The van der Waals surface area contributed by atoms with E-state index in [1.165, 1.54) is 31.4 Å². The second-order valence-corrected chi connectivity index (χ2v) is 8.31. The van der Waals surface area contributed by atoms with Crippen LogP contribution in [-0.2, 0) is 6.54 Å². The Morgan fingerprint density at radius 1 is 1.16 bits per heavy atom. The van der Waals surface area contributed by atoms with Crippen molar-refractivity contribution in [2.75, 3.05) is 5.73 Å². The maximum absolute atomic E-state index is 14.8. The number of hydrogen-bond acceptors (Lipinski definition) is 4. The first-order chi connectivity index (χ1) is 15.0. The van der Waals surface area contributed by atoms with Gasteiger partial charge in [0.2, 0.25) is 0 Å². The minimum Gasteiger partial charge on any atom is -0.382 e. The molecule has 0 radical (unpaired) electrons. The Hall–Kier alpha value is -2.99. The number of hydrogen-bond donors (Lipinski definition) is 2. The molecule has 4 rings (SSSR count). The van der Waals surface area contributed by atoms with Crippen molar-refractivity contribution in [1.29, 1.82) is 0 Å². The lowest BCUT2D eigenvalue weighted by Crippen LogP contribution is -2.23. The molecular weight excluding hydrogens is 415 g/mol. The quantitative estimate of drug-likeness (QED) is 0.551. The van der Waals surface area contributed by atoms with Crippen LogP contribution in [0.4, 0.5) is 10.2 Å². The van der Waals surface area contributed by atoms with E-state index in [1.54, 1.807) is 30.5 Å². The molecular formula is C24H24ClFN4O. The van der Waals surface area contributed by atoms with E-state index in [2.05, 4.69) is 10.3 Å². The Labute approximate surface area is 185 Å². The van der Waals surface area contributed by atoms with Crippen molar-refractivity contribution in [3.05, 3.63) is 76.3 Å². The van der Waals surface area contributed by atoms with E-state index >= 15 is 0 Å². The zero-order valence-corrected chi connectivity index (χ0v) is 17.8. The van der Waals surface area contributed by atoms with Gasteiger partial charge in [0.15, 0.2) is 0 Å². The lowest BCUT2D eigenvalue weighted by molar-refractivity contribution is 0.0947. The third-order valence-corrected chi connectivity index (χ3v) is 5.91. The molecule has 5 nitrogen and oxygen atoms in total. The van der Waals surface area contributed by atoms with Crippen molar-refractivity contribution in [1.82, 2.24) is 15.3 Å². The van der Waals surface area contributed by atoms with Gasteiger partial charge in [-0.1, -0.05) is 49.1 Å². The smallest absolute Gasteiger partial charge is 0.254 e. The molecule has 0 aliphatic heterocycles. The lowest BCUT2D eigenvalue weighted by Gasteiger charge is -2.21. The van der Waals surface area contributed by atoms with Gasteiger partial charge in [-0.2, -0.15) is 0 Å². The van der Waals surface area contributed by atoms with Crippen molar-refractivity contribution in [2.24, 2.45) is 0 Å². The molecule has 31 heavy (non-hydrogen) atoms. The van der Waals surface area contributed by atoms with Crippen LogP contribution in [0.15, 0.2) is 48.7 Å². The highest BCUT2D eigenvalue weighted by Crippen LogP contribution is 2.33. The number of halogens is 2. The van der Waals surface area contributed by atoms with E-state index in [9.17, 15) is 9.18 Å². The highest BCUT2D eigenvalue weighted by atomic mass is 35.5. The summed E-state index contributed by atoms with van der Waals surface area (Å²) in [5.41, 5.74) is 8.68. The zero-order chi connectivity index (χ0) is 21.8. The fraction of sp³-hybridized carbons (Fsp3) is 0.292. The molecule has 0 saturated heterocycles. The molecule has 1 aliphatic carbocycles. The normalized spacial score (nSPS) is 14.4. The number of rotatable bonds is 5. The summed E-state index contributed by atoms with van der Waals surface area (Å²) in [7, 11) is 0. The lowest BCUT2D eigenvalue weighted by atomic mass is 9.87. The number of nitrogens with zero attached hydrogens (tertiary/aromatic N) is 2. The highest BCUT2D eigenvalue weighted by molar-refractivity contribution is 6.30. The van der Waals surface area contributed by atoms with Crippen molar-refractivity contribution >= 4 is 23.3 Å². The van der Waals surface area contributed by atoms with Crippen LogP contribution in [0.2, 0.25) is 5.02 Å². The molecule has 1 saturated carbocycles. The van der Waals surface area contributed by atoms with Gasteiger partial charge in [-0.05, 0) is 42.7 Å². The molecule has 1 amide bonds. The van der Waals surface area contributed by atoms with E-state index in [0.717, 1.165) is 24.1 Å². The van der Waals surface area contributed by atoms with Crippen LogP contribution < -0.4 is 11.1 Å². The molecule has 0 atom stereocenters. The van der Waals surface area contributed by atoms with Crippen LogP contribution in [0, 0.1) is 5.82 Å². The number of nitrogens with two attached hydrogens (primary N) is 1. The van der Waals surface area contributed by atoms with Crippen LogP contribution in [0.3, 0.4) is 0 Å². The number of nitrogens with one attached hydrogen (secondary N) is 1. The summed E-state index contributed by atoms with van der Waals surface area (Å²) in [6, 6.07) is 11.5. The van der Waals surface area contributed by atoms with Crippen LogP contribution in [0.25, 0.3) is 11.3 Å². The Kier molecular flexibility index (Phi) is 6.47. The summed E-state index contributed by atoms with van der Waals surface area (Å²) in [4.78, 5) is 21.5. The first-order valence-corrected chi connectivity index (χ1v) is 10.8. The predicted octanol–water partition coefficient (Wildman–Crippen LogP) is 5.50. The summed E-state index contributed by atoms with van der Waals surface area (Å²) in [5.74, 6) is -0.525. The van der Waals surface area contributed by atoms with Gasteiger partial charge in [0.25, 0.3) is 5.91 Å². The molecule has 3 aromatic rings. The van der Waals surface area contributed by atoms with Gasteiger partial charge in [0.05, 0.1) is 17.5 Å². The average molecular weight is 439 g/mol. The van der Waals surface area contributed by atoms with Crippen LogP contribution in [0.1, 0.15) is 59.6 Å². The maximum Gasteiger partial charge on any atom is 0.254 e. The monoisotopic (exact) mass is 438 g/mol. The number of anilines is 1. The Morgan fingerprint density at radius 3 is 2.71 bits per heavy atom. The van der Waals surface area contributed by atoms with E-state index in [0.29, 0.717) is 22.2 Å². The number of nitrogen functional groups attached to an aromatic ring is 1. The summed E-state index contributed by atoms with van der Waals surface area (Å²) >= 11 is 5.96. The van der Waals surface area contributed by atoms with E-state index in [4.69, 9.17) is 22.3 Å². The number of aromatic nitrogens is 2. The highest BCUT2D eigenvalue weighted by Gasteiger charge is 2.20. The predicted molar refractivity (Wildman–Crippen MR) is 120 cm³/mol. The van der Waals surface area contributed by atoms with Crippen LogP contribution >= 0.6 is 11.6 Å². The summed E-state index contributed by atoms with van der Waals surface area (Å²) in [5, 5.41) is 3.30. The molecule has 1 heterocycles. The molecule has 1 aromatic heterocycles. The number of carbonyl (C=O) groups excluding carboxylic acids is 1. The van der Waals surface area contributed by atoms with Crippen LogP contribution in [0.5, 0.6) is 0 Å². The van der Waals surface area contributed by atoms with Crippen molar-refractivity contribution < 1.29 is 9.18 Å². The fourth-order valence-corrected chi connectivity index (χ4v) is 4.20. The molecule has 2 aromatic carbocycles. The summed E-state index contributed by atoms with van der Waals surface area (Å²) in [6.07, 6.45) is 7.50. The fourth-order valence-electron chi connectivity index (χ4n) is 3.99. The van der Waals surface area contributed by atoms with Gasteiger partial charge in [-0.3, -0.25) is 4.79 Å². The zero-order valence-electron chi connectivity index (χ0n) is 17.1. The largest absolute Gasteiger partial charge is 0.382 e. The molecule has 0 spiro atoms. The van der Waals surface area contributed by atoms with Crippen molar-refractivity contribution in [3.63, 3.8) is 0 Å². The van der Waals surface area contributed by atoms with Crippen molar-refractivity contribution in [2.45, 2.75) is 44.6 Å². The van der Waals surface area contributed by atoms with Crippen LogP contribution in [-0.4, -0.2) is 15.9 Å². The standard InChI is InChI=1S/C24H24ClFN4O/c25-18-8-4-5-15(11-18)13-29-24(31)19-10-9-17(12-20(19)26)22-23(27)28-14-21(30-22)16-6-2-1-3-7-16/h4-5,8-12,14,16H,1-3,6-7,13H2,(H2,27,28)(H,29,31). The second-order valence-electron chi connectivity index (χ2n) is 7.87. The maximum atomic E-state index is 14.8. The van der Waals surface area contributed by atoms with Gasteiger partial charge in [0.1, 0.15) is 17.3 Å². The molecule has 7 heteroatoms. The Morgan fingerprint density at radius 2 is 1.97 bits per heavy atom. The number of benzene rings is 2. The first-order valence-electron chi connectivity index (χ1n) is 10.5. The summed E-state index contributed by atoms with van der Waals surface area (Å²) < 4.78 is 14.8. The van der Waals surface area contributed by atoms with Gasteiger partial charge in [-0.15, -0.1) is 0 Å². The van der Waals surface area contributed by atoms with Gasteiger partial charge in [-0.25, -0.2) is 14.4 Å². The molecule has 0 unspecified atom stereocenters. The third-order valence-electron chi connectivity index (χ3n) is 5.67. The average Bonchev–Trinajstić information content (AvgIpc) is 2.78. The molecule has 1 aliphatic rings. The molecule has 3 N–H and O–H groups in total. The summed E-state index contributed by atoms with van der Waals surface area (Å²) in [6.45, 7) is 0.252. The third kappa shape index (κ3) is 5.02. The second kappa shape index (κ2) is 9.43. The number of carbonyl (C=O) groups is 1. The Balaban J connectivity index is 1.52. The molecule has 160 valence electrons. The number of amides is 1. The van der Waals surface area contributed by atoms with E-state index in [-0.39, 0.29) is 17.9 Å². The first kappa shape index (κ1) is 21.2. The van der Waals surface area contributed by atoms with Gasteiger partial charge >= 0.3 is 0 Å². The molecule has 1 fully saturated rings. The Bertz CT molecular complexity index is 1100. The van der Waals surface area contributed by atoms with E-state index < -0.39 is 11.7 Å². The molecule has 0 bridgehead atoms. The topological polar surface area (TPSA) is 80.9 Å². The SMILES string of the molecule is Nc1ncc(C2CCCCC2)nc1-c1ccc(C(=O)NCc2cccc(Cl)c2)c(F)c1. The van der Waals surface area contributed by atoms with E-state index in [1.807, 2.05) is 6.07 Å². The van der Waals surface area contributed by atoms with Gasteiger partial charge in [0, 0.05) is 23.0 Å².